The molecule has 0 aromatic heterocycles. The maximum Gasteiger partial charge on any atom is 0.242 e. The number of sulfonamides is 1. The number of carbonyl (C=O) groups excluding carboxylic acids is 1. The van der Waals surface area contributed by atoms with Gasteiger partial charge in [-0.2, -0.15) is 4.72 Å². The first-order chi connectivity index (χ1) is 12.8. The van der Waals surface area contributed by atoms with Crippen LogP contribution in [-0.2, 0) is 14.8 Å². The van der Waals surface area contributed by atoms with Gasteiger partial charge in [0.1, 0.15) is 0 Å². The molecule has 2 N–H and O–H groups in total. The molecule has 3 rings (SSSR count). The van der Waals surface area contributed by atoms with Gasteiger partial charge in [0.25, 0.3) is 0 Å². The number of hydrogen-bond acceptors (Lipinski definition) is 3. The molecule has 0 saturated carbocycles. The number of anilines is 1. The Bertz CT molecular complexity index is 1120. The molecular weight excluding hydrogens is 407 g/mol. The van der Waals surface area contributed by atoms with Gasteiger partial charge in [-0.25, -0.2) is 8.42 Å². The van der Waals surface area contributed by atoms with Crippen molar-refractivity contribution in [3.05, 3.63) is 70.7 Å². The lowest BCUT2D eigenvalue weighted by molar-refractivity contribution is -0.117. The first kappa shape index (κ1) is 19.6. The zero-order valence-corrected chi connectivity index (χ0v) is 16.6. The Morgan fingerprint density at radius 3 is 2.33 bits per heavy atom. The highest BCUT2D eigenvalue weighted by Gasteiger charge is 2.22. The number of amides is 1. The van der Waals surface area contributed by atoms with Crippen molar-refractivity contribution < 1.29 is 13.2 Å². The number of benzene rings is 3. The van der Waals surface area contributed by atoms with E-state index >= 15 is 0 Å². The third kappa shape index (κ3) is 4.59. The second-order valence-corrected chi connectivity index (χ2v) is 8.50. The van der Waals surface area contributed by atoms with Gasteiger partial charge in [-0.1, -0.05) is 53.5 Å². The lowest BCUT2D eigenvalue weighted by Crippen LogP contribution is -2.41. The summed E-state index contributed by atoms with van der Waals surface area (Å²) in [5.74, 6) is -0.516. The van der Waals surface area contributed by atoms with Crippen LogP contribution in [0.4, 0.5) is 5.69 Å². The van der Waals surface area contributed by atoms with Gasteiger partial charge in [0.2, 0.25) is 15.9 Å². The van der Waals surface area contributed by atoms with Crippen molar-refractivity contribution in [3.63, 3.8) is 0 Å². The molecule has 0 saturated heterocycles. The van der Waals surface area contributed by atoms with Crippen LogP contribution in [0.25, 0.3) is 10.8 Å². The van der Waals surface area contributed by atoms with Crippen LogP contribution in [0.15, 0.2) is 65.6 Å². The van der Waals surface area contributed by atoms with Crippen LogP contribution < -0.4 is 10.0 Å². The molecule has 0 heterocycles. The number of rotatable bonds is 5. The Morgan fingerprint density at radius 1 is 0.926 bits per heavy atom. The highest BCUT2D eigenvalue weighted by atomic mass is 35.5. The maximum absolute atomic E-state index is 12.6. The molecule has 27 heavy (non-hydrogen) atoms. The largest absolute Gasteiger partial charge is 0.325 e. The number of carbonyl (C=O) groups is 1. The summed E-state index contributed by atoms with van der Waals surface area (Å²) in [5.41, 5.74) is 0.422. The van der Waals surface area contributed by atoms with E-state index in [-0.39, 0.29) is 4.90 Å². The molecule has 0 unspecified atom stereocenters. The van der Waals surface area contributed by atoms with Crippen LogP contribution in [0, 0.1) is 0 Å². The predicted molar refractivity (Wildman–Crippen MR) is 109 cm³/mol. The predicted octanol–water partition coefficient (Wildman–Crippen LogP) is 4.45. The van der Waals surface area contributed by atoms with Crippen molar-refractivity contribution in [2.24, 2.45) is 0 Å². The van der Waals surface area contributed by atoms with E-state index in [2.05, 4.69) is 10.0 Å². The molecule has 1 amide bonds. The standard InChI is InChI=1S/C19H16Cl2N2O3S/c1-12(19(24)22-15-7-9-17(20)18(21)11-15)23-27(25,26)16-8-6-13-4-2-3-5-14(13)10-16/h2-12,23H,1H3,(H,22,24)/t12-/m0/s1. The summed E-state index contributed by atoms with van der Waals surface area (Å²) in [6.07, 6.45) is 0. The van der Waals surface area contributed by atoms with Crippen LogP contribution in [0.3, 0.4) is 0 Å². The van der Waals surface area contributed by atoms with E-state index in [0.717, 1.165) is 10.8 Å². The van der Waals surface area contributed by atoms with Crippen molar-refractivity contribution in [2.75, 3.05) is 5.32 Å². The number of halogens is 2. The second kappa shape index (κ2) is 7.86. The summed E-state index contributed by atoms with van der Waals surface area (Å²) in [4.78, 5) is 12.4. The fourth-order valence-electron chi connectivity index (χ4n) is 2.51. The molecule has 5 nitrogen and oxygen atoms in total. The van der Waals surface area contributed by atoms with Crippen LogP contribution in [0.5, 0.6) is 0 Å². The van der Waals surface area contributed by atoms with E-state index in [0.29, 0.717) is 15.7 Å². The van der Waals surface area contributed by atoms with Crippen LogP contribution in [0.2, 0.25) is 10.0 Å². The van der Waals surface area contributed by atoms with Gasteiger partial charge in [-0.05, 0) is 48.0 Å². The summed E-state index contributed by atoms with van der Waals surface area (Å²) >= 11 is 11.8. The van der Waals surface area contributed by atoms with Gasteiger partial charge >= 0.3 is 0 Å². The molecule has 0 bridgehead atoms. The molecule has 140 valence electrons. The van der Waals surface area contributed by atoms with Gasteiger partial charge < -0.3 is 5.32 Å². The highest BCUT2D eigenvalue weighted by molar-refractivity contribution is 7.89. The van der Waals surface area contributed by atoms with E-state index in [9.17, 15) is 13.2 Å². The number of fused-ring (bicyclic) bond motifs is 1. The molecule has 1 atom stereocenters. The Kier molecular flexibility index (Phi) is 5.72. The molecule has 0 aliphatic carbocycles. The van der Waals surface area contributed by atoms with Crippen molar-refractivity contribution in [3.8, 4) is 0 Å². The third-order valence-electron chi connectivity index (χ3n) is 3.94. The summed E-state index contributed by atoms with van der Waals surface area (Å²) in [7, 11) is -3.86. The quantitative estimate of drug-likeness (QED) is 0.637. The first-order valence-corrected chi connectivity index (χ1v) is 10.3. The van der Waals surface area contributed by atoms with Crippen molar-refractivity contribution in [2.45, 2.75) is 17.9 Å². The minimum Gasteiger partial charge on any atom is -0.325 e. The van der Waals surface area contributed by atoms with Crippen LogP contribution in [-0.4, -0.2) is 20.4 Å². The van der Waals surface area contributed by atoms with Gasteiger partial charge in [0.05, 0.1) is 21.0 Å². The molecule has 0 fully saturated rings. The minimum atomic E-state index is -3.86. The van der Waals surface area contributed by atoms with E-state index in [1.807, 2.05) is 24.3 Å². The maximum atomic E-state index is 12.6. The highest BCUT2D eigenvalue weighted by Crippen LogP contribution is 2.25. The van der Waals surface area contributed by atoms with Gasteiger partial charge in [-0.15, -0.1) is 0 Å². The number of nitrogens with one attached hydrogen (secondary N) is 2. The van der Waals surface area contributed by atoms with Crippen molar-refractivity contribution >= 4 is 55.6 Å². The smallest absolute Gasteiger partial charge is 0.242 e. The topological polar surface area (TPSA) is 75.3 Å². The molecule has 0 spiro atoms. The SMILES string of the molecule is C[C@H](NS(=O)(=O)c1ccc2ccccc2c1)C(=O)Nc1ccc(Cl)c(Cl)c1. The molecular formula is C19H16Cl2N2O3S. The van der Waals surface area contributed by atoms with Gasteiger partial charge in [-0.3, -0.25) is 4.79 Å². The molecule has 0 aliphatic rings. The normalized spacial score (nSPS) is 12.7. The van der Waals surface area contributed by atoms with Crippen molar-refractivity contribution in [1.82, 2.24) is 4.72 Å². The minimum absolute atomic E-state index is 0.0930. The number of hydrogen-bond donors (Lipinski definition) is 2. The zero-order chi connectivity index (χ0) is 19.6. The fourth-order valence-corrected chi connectivity index (χ4v) is 4.05. The summed E-state index contributed by atoms with van der Waals surface area (Å²) < 4.78 is 27.6. The monoisotopic (exact) mass is 422 g/mol. The molecule has 3 aromatic carbocycles. The fraction of sp³-hybridized carbons (Fsp3) is 0.105. The second-order valence-electron chi connectivity index (χ2n) is 5.97. The lowest BCUT2D eigenvalue weighted by Gasteiger charge is -2.15. The van der Waals surface area contributed by atoms with E-state index in [1.165, 1.54) is 19.1 Å². The summed E-state index contributed by atoms with van der Waals surface area (Å²) in [5, 5.41) is 4.99. The van der Waals surface area contributed by atoms with E-state index in [4.69, 9.17) is 23.2 Å². The van der Waals surface area contributed by atoms with Gasteiger partial charge in [0.15, 0.2) is 0 Å². The van der Waals surface area contributed by atoms with Crippen LogP contribution in [0.1, 0.15) is 6.92 Å². The average molecular weight is 423 g/mol. The lowest BCUT2D eigenvalue weighted by atomic mass is 10.1. The molecule has 0 radical (unpaired) electrons. The molecule has 3 aromatic rings. The van der Waals surface area contributed by atoms with Crippen molar-refractivity contribution in [1.29, 1.82) is 0 Å². The van der Waals surface area contributed by atoms with E-state index < -0.39 is 22.0 Å². The summed E-state index contributed by atoms with van der Waals surface area (Å²) in [6, 6.07) is 15.9. The average Bonchev–Trinajstić information content (AvgIpc) is 2.64. The Hall–Kier alpha value is -2.12. The third-order valence-corrected chi connectivity index (χ3v) is 6.22. The van der Waals surface area contributed by atoms with Gasteiger partial charge in [0, 0.05) is 5.69 Å². The molecule has 8 heteroatoms. The first-order valence-electron chi connectivity index (χ1n) is 8.03. The Morgan fingerprint density at radius 2 is 1.63 bits per heavy atom. The summed E-state index contributed by atoms with van der Waals surface area (Å²) in [6.45, 7) is 1.46. The zero-order valence-electron chi connectivity index (χ0n) is 14.2. The Labute approximate surface area is 167 Å². The Balaban J connectivity index is 1.75. The van der Waals surface area contributed by atoms with Crippen LogP contribution >= 0.6 is 23.2 Å². The molecule has 0 aliphatic heterocycles. The van der Waals surface area contributed by atoms with E-state index in [1.54, 1.807) is 24.3 Å².